The van der Waals surface area contributed by atoms with E-state index in [-0.39, 0.29) is 46.4 Å². The number of aliphatic hydroxyl groups excluding tert-OH is 3. The first kappa shape index (κ1) is 26.0. The van der Waals surface area contributed by atoms with Crippen LogP contribution in [0, 0.1) is 28.6 Å². The van der Waals surface area contributed by atoms with Crippen molar-refractivity contribution in [3.8, 4) is 0 Å². The number of aliphatic hydroxyl groups is 3. The number of Topliss-reactive ketones (excluding diaryl/α,β-unsaturated/α-hetero) is 1. The Hall–Kier alpha value is -1.59. The van der Waals surface area contributed by atoms with Gasteiger partial charge in [0.1, 0.15) is 17.1 Å². The molecule has 1 aliphatic heterocycles. The zero-order valence-electron chi connectivity index (χ0n) is 21.7. The Kier molecular flexibility index (Phi) is 7.01. The Morgan fingerprint density at radius 1 is 1.12 bits per heavy atom. The van der Waals surface area contributed by atoms with Gasteiger partial charge in [-0.2, -0.15) is 0 Å². The molecular formula is C28H44O5. The molecule has 3 rings (SSSR count). The Balaban J connectivity index is 2.08. The summed E-state index contributed by atoms with van der Waals surface area (Å²) in [4.78, 5) is 12.9. The summed E-state index contributed by atoms with van der Waals surface area (Å²) in [5.74, 6) is 0.219. The number of fused-ring (bicyclic) bond motifs is 1. The van der Waals surface area contributed by atoms with Gasteiger partial charge in [-0.15, -0.1) is 0 Å². The first-order valence-corrected chi connectivity index (χ1v) is 12.5. The molecule has 3 aliphatic rings. The molecular weight excluding hydrogens is 416 g/mol. The van der Waals surface area contributed by atoms with Gasteiger partial charge in [-0.25, -0.2) is 0 Å². The van der Waals surface area contributed by atoms with Crippen molar-refractivity contribution in [3.63, 3.8) is 0 Å². The average Bonchev–Trinajstić information content (AvgIpc) is 2.71. The summed E-state index contributed by atoms with van der Waals surface area (Å²) in [5.41, 5.74) is -0.672. The third-order valence-electron chi connectivity index (χ3n) is 8.25. The minimum atomic E-state index is -1.13. The molecule has 2 aliphatic carbocycles. The van der Waals surface area contributed by atoms with E-state index in [4.69, 9.17) is 4.74 Å². The van der Waals surface area contributed by atoms with Crippen molar-refractivity contribution in [2.24, 2.45) is 28.6 Å². The van der Waals surface area contributed by atoms with E-state index in [0.29, 0.717) is 30.6 Å². The standard InChI is InChI=1S/C28H44O5/c1-16(2)22(30)21-23(31)19-14-18-11-10-17(3)20(29)15-26(4,5)12-9-13-28(18,8)33-25(19)27(6,7)24(21)32/h9,12,16-18,20,24,29,31-32H,10-11,13-15H2,1-8H3/b12-9+/t17?,18-,20+,24?,28+/m1/s1. The predicted molar refractivity (Wildman–Crippen MR) is 130 cm³/mol. The fourth-order valence-corrected chi connectivity index (χ4v) is 5.69. The molecule has 0 fully saturated rings. The van der Waals surface area contributed by atoms with Crippen molar-refractivity contribution >= 4 is 5.78 Å². The smallest absolute Gasteiger partial charge is 0.167 e. The molecule has 0 saturated carbocycles. The fourth-order valence-electron chi connectivity index (χ4n) is 5.69. The van der Waals surface area contributed by atoms with Gasteiger partial charge >= 0.3 is 0 Å². The number of hydrogen-bond donors (Lipinski definition) is 3. The summed E-state index contributed by atoms with van der Waals surface area (Å²) in [7, 11) is 0. The Labute approximate surface area is 199 Å². The highest BCUT2D eigenvalue weighted by Gasteiger charge is 2.52. The van der Waals surface area contributed by atoms with Crippen molar-refractivity contribution in [2.45, 2.75) is 105 Å². The highest BCUT2D eigenvalue weighted by atomic mass is 16.5. The van der Waals surface area contributed by atoms with Crippen LogP contribution in [0.25, 0.3) is 0 Å². The van der Waals surface area contributed by atoms with Crippen LogP contribution in [0.5, 0.6) is 0 Å². The molecule has 0 bridgehead atoms. The van der Waals surface area contributed by atoms with Crippen LogP contribution in [0.15, 0.2) is 34.8 Å². The maximum absolute atomic E-state index is 12.9. The fraction of sp³-hybridized carbons (Fsp3) is 0.750. The highest BCUT2D eigenvalue weighted by molar-refractivity contribution is 5.99. The molecule has 0 amide bonds. The van der Waals surface area contributed by atoms with Crippen molar-refractivity contribution in [2.75, 3.05) is 0 Å². The van der Waals surface area contributed by atoms with E-state index in [9.17, 15) is 20.1 Å². The largest absolute Gasteiger partial charge is 0.507 e. The lowest BCUT2D eigenvalue weighted by Gasteiger charge is -2.50. The normalized spacial score (nSPS) is 37.5. The molecule has 0 aromatic rings. The highest BCUT2D eigenvalue weighted by Crippen LogP contribution is 2.53. The number of carbonyl (C=O) groups excluding carboxylic acids is 1. The summed E-state index contributed by atoms with van der Waals surface area (Å²) in [6, 6.07) is 0. The van der Waals surface area contributed by atoms with E-state index >= 15 is 0 Å². The second kappa shape index (κ2) is 8.88. The van der Waals surface area contributed by atoms with Crippen molar-refractivity contribution in [1.82, 2.24) is 0 Å². The van der Waals surface area contributed by atoms with Gasteiger partial charge < -0.3 is 20.1 Å². The Morgan fingerprint density at radius 3 is 2.36 bits per heavy atom. The van der Waals surface area contributed by atoms with Crippen LogP contribution in [-0.2, 0) is 9.53 Å². The van der Waals surface area contributed by atoms with Gasteiger partial charge in [0.05, 0.1) is 23.2 Å². The molecule has 2 unspecified atom stereocenters. The van der Waals surface area contributed by atoms with Crippen molar-refractivity contribution < 1.29 is 24.9 Å². The molecule has 1 heterocycles. The van der Waals surface area contributed by atoms with Gasteiger partial charge in [-0.1, -0.05) is 46.8 Å². The van der Waals surface area contributed by atoms with Gasteiger partial charge in [-0.05, 0) is 57.8 Å². The van der Waals surface area contributed by atoms with Gasteiger partial charge in [0.25, 0.3) is 0 Å². The number of rotatable bonds is 2. The van der Waals surface area contributed by atoms with Crippen molar-refractivity contribution in [3.05, 3.63) is 34.8 Å². The lowest BCUT2D eigenvalue weighted by molar-refractivity contribution is -0.122. The molecule has 5 heteroatoms. The van der Waals surface area contributed by atoms with E-state index in [1.807, 2.05) is 13.8 Å². The average molecular weight is 461 g/mol. The van der Waals surface area contributed by atoms with E-state index in [0.717, 1.165) is 12.8 Å². The van der Waals surface area contributed by atoms with Crippen LogP contribution in [0.4, 0.5) is 0 Å². The summed E-state index contributed by atoms with van der Waals surface area (Å²) in [6.45, 7) is 15.9. The first-order valence-electron chi connectivity index (χ1n) is 12.5. The van der Waals surface area contributed by atoms with Crippen LogP contribution < -0.4 is 0 Å². The van der Waals surface area contributed by atoms with Gasteiger partial charge in [0, 0.05) is 23.8 Å². The minimum Gasteiger partial charge on any atom is -0.507 e. The number of ketones is 1. The van der Waals surface area contributed by atoms with E-state index in [1.165, 1.54) is 0 Å². The summed E-state index contributed by atoms with van der Waals surface area (Å²) in [5, 5.41) is 33.1. The predicted octanol–water partition coefficient (Wildman–Crippen LogP) is 5.63. The lowest BCUT2D eigenvalue weighted by Crippen LogP contribution is -2.49. The van der Waals surface area contributed by atoms with Crippen LogP contribution >= 0.6 is 0 Å². The maximum Gasteiger partial charge on any atom is 0.167 e. The molecule has 0 aromatic carbocycles. The molecule has 5 nitrogen and oxygen atoms in total. The molecule has 3 N–H and O–H groups in total. The van der Waals surface area contributed by atoms with Crippen LogP contribution in [0.3, 0.4) is 0 Å². The molecule has 186 valence electrons. The summed E-state index contributed by atoms with van der Waals surface area (Å²) in [6.07, 6.45) is 6.56. The van der Waals surface area contributed by atoms with Crippen LogP contribution in [0.2, 0.25) is 0 Å². The second-order valence-electron chi connectivity index (χ2n) is 12.5. The monoisotopic (exact) mass is 460 g/mol. The van der Waals surface area contributed by atoms with Gasteiger partial charge in [0.15, 0.2) is 5.78 Å². The zero-order valence-corrected chi connectivity index (χ0v) is 21.7. The summed E-state index contributed by atoms with van der Waals surface area (Å²) >= 11 is 0. The third-order valence-corrected chi connectivity index (χ3v) is 8.25. The van der Waals surface area contributed by atoms with E-state index in [1.54, 1.807) is 13.8 Å². The number of hydrogen-bond acceptors (Lipinski definition) is 5. The zero-order chi connectivity index (χ0) is 24.9. The SMILES string of the molecule is CC(C)C(=O)C1=C(O)C2=C(O[C@@]3(C)C/C=C/C(C)(C)C[C@H](O)C(C)CC[C@@H]3C2)C(C)(C)C1O. The molecule has 0 radical (unpaired) electrons. The van der Waals surface area contributed by atoms with E-state index in [2.05, 4.69) is 39.8 Å². The van der Waals surface area contributed by atoms with E-state index < -0.39 is 17.1 Å². The minimum absolute atomic E-state index is 0.100. The summed E-state index contributed by atoms with van der Waals surface area (Å²) < 4.78 is 6.73. The maximum atomic E-state index is 12.9. The molecule has 0 spiro atoms. The van der Waals surface area contributed by atoms with Crippen LogP contribution in [-0.4, -0.2) is 38.9 Å². The number of carbonyl (C=O) groups is 1. The Morgan fingerprint density at radius 2 is 1.76 bits per heavy atom. The molecule has 0 saturated heterocycles. The molecule has 5 atom stereocenters. The second-order valence-corrected chi connectivity index (χ2v) is 12.5. The van der Waals surface area contributed by atoms with Gasteiger partial charge in [-0.3, -0.25) is 4.79 Å². The number of allylic oxidation sites excluding steroid dienone is 2. The molecule has 33 heavy (non-hydrogen) atoms. The lowest BCUT2D eigenvalue weighted by atomic mass is 9.66. The third kappa shape index (κ3) is 4.81. The quantitative estimate of drug-likeness (QED) is 0.465. The first-order chi connectivity index (χ1) is 15.1. The van der Waals surface area contributed by atoms with Crippen LogP contribution in [0.1, 0.15) is 87.5 Å². The van der Waals surface area contributed by atoms with Gasteiger partial charge in [0.2, 0.25) is 0 Å². The topological polar surface area (TPSA) is 87.0 Å². The molecule has 0 aromatic heterocycles. The van der Waals surface area contributed by atoms with Crippen molar-refractivity contribution in [1.29, 1.82) is 0 Å². The Bertz CT molecular complexity index is 875. The number of ether oxygens (including phenoxy) is 1.